The van der Waals surface area contributed by atoms with E-state index in [1.165, 1.54) is 4.90 Å². The van der Waals surface area contributed by atoms with Crippen molar-refractivity contribution in [3.63, 3.8) is 0 Å². The number of nitrogens with one attached hydrogen (secondary N) is 1. The van der Waals surface area contributed by atoms with Gasteiger partial charge in [-0.3, -0.25) is 9.59 Å². The predicted octanol–water partition coefficient (Wildman–Crippen LogP) is 3.25. The normalized spacial score (nSPS) is 18.7. The van der Waals surface area contributed by atoms with Crippen LogP contribution in [0.3, 0.4) is 0 Å². The standard InChI is InChI=1S/C26H30N2O6/c1-2-12-28(15-23(29)30)25(31)24-17(11-13-33-24)14-27-26(32)34-16-22-20-9-5-3-7-18(20)19-8-4-6-10-21(19)22/h3-10,17,22,24H,2,11-16H2,1H3,(H,27,32)(H,29,30)/t17-,24-/m1/s1. The minimum absolute atomic E-state index is 0.0269. The van der Waals surface area contributed by atoms with Crippen LogP contribution in [0.15, 0.2) is 48.5 Å². The lowest BCUT2D eigenvalue weighted by Crippen LogP contribution is -2.46. The first-order chi connectivity index (χ1) is 16.5. The maximum absolute atomic E-state index is 12.9. The van der Waals surface area contributed by atoms with Crippen molar-refractivity contribution in [3.05, 3.63) is 59.7 Å². The number of carbonyl (C=O) groups excluding carboxylic acids is 2. The number of amides is 2. The fourth-order valence-electron chi connectivity index (χ4n) is 4.86. The van der Waals surface area contributed by atoms with E-state index in [1.807, 2.05) is 31.2 Å². The lowest BCUT2D eigenvalue weighted by molar-refractivity contribution is -0.150. The second kappa shape index (κ2) is 10.7. The Labute approximate surface area is 198 Å². The summed E-state index contributed by atoms with van der Waals surface area (Å²) in [5.74, 6) is -1.67. The molecule has 180 valence electrons. The van der Waals surface area contributed by atoms with Crippen molar-refractivity contribution in [1.82, 2.24) is 10.2 Å². The molecule has 34 heavy (non-hydrogen) atoms. The summed E-state index contributed by atoms with van der Waals surface area (Å²) in [7, 11) is 0. The maximum atomic E-state index is 12.9. The van der Waals surface area contributed by atoms with Crippen LogP contribution in [-0.2, 0) is 19.1 Å². The molecule has 0 saturated carbocycles. The van der Waals surface area contributed by atoms with Crippen molar-refractivity contribution in [2.75, 3.05) is 32.8 Å². The fourth-order valence-corrected chi connectivity index (χ4v) is 4.86. The van der Waals surface area contributed by atoms with Gasteiger partial charge in [-0.2, -0.15) is 0 Å². The number of nitrogens with zero attached hydrogens (tertiary/aromatic N) is 1. The number of carbonyl (C=O) groups is 3. The number of hydrogen-bond donors (Lipinski definition) is 2. The summed E-state index contributed by atoms with van der Waals surface area (Å²) in [5, 5.41) is 11.9. The first-order valence-corrected chi connectivity index (χ1v) is 11.7. The number of aliphatic carboxylic acids is 1. The molecule has 2 aliphatic rings. The van der Waals surface area contributed by atoms with Crippen LogP contribution in [-0.4, -0.2) is 66.9 Å². The summed E-state index contributed by atoms with van der Waals surface area (Å²) < 4.78 is 11.2. The van der Waals surface area contributed by atoms with E-state index in [0.717, 1.165) is 22.3 Å². The molecule has 2 aromatic carbocycles. The van der Waals surface area contributed by atoms with Crippen molar-refractivity contribution in [2.24, 2.45) is 5.92 Å². The van der Waals surface area contributed by atoms with E-state index in [1.54, 1.807) is 0 Å². The van der Waals surface area contributed by atoms with E-state index >= 15 is 0 Å². The highest BCUT2D eigenvalue weighted by Gasteiger charge is 2.37. The summed E-state index contributed by atoms with van der Waals surface area (Å²) in [5.41, 5.74) is 4.60. The molecular weight excluding hydrogens is 436 g/mol. The Morgan fingerprint density at radius 2 is 1.74 bits per heavy atom. The van der Waals surface area contributed by atoms with Gasteiger partial charge < -0.3 is 24.8 Å². The van der Waals surface area contributed by atoms with E-state index < -0.39 is 18.2 Å². The van der Waals surface area contributed by atoms with E-state index in [-0.39, 0.29) is 37.4 Å². The third-order valence-electron chi connectivity index (χ3n) is 6.44. The highest BCUT2D eigenvalue weighted by atomic mass is 16.5. The smallest absolute Gasteiger partial charge is 0.407 e. The van der Waals surface area contributed by atoms with E-state index in [0.29, 0.717) is 26.0 Å². The Bertz CT molecular complexity index is 1010. The largest absolute Gasteiger partial charge is 0.480 e. The van der Waals surface area contributed by atoms with E-state index in [9.17, 15) is 14.4 Å². The van der Waals surface area contributed by atoms with Crippen molar-refractivity contribution >= 4 is 18.0 Å². The number of fused-ring (bicyclic) bond motifs is 3. The molecular formula is C26H30N2O6. The Hall–Kier alpha value is -3.39. The SMILES string of the molecule is CCCN(CC(=O)O)C(=O)[C@@H]1OCC[C@@H]1CNC(=O)OCC1c2ccccc2-c2ccccc21. The molecule has 0 spiro atoms. The lowest BCUT2D eigenvalue weighted by Gasteiger charge is -2.26. The predicted molar refractivity (Wildman–Crippen MR) is 125 cm³/mol. The Balaban J connectivity index is 1.33. The van der Waals surface area contributed by atoms with Crippen LogP contribution >= 0.6 is 0 Å². The van der Waals surface area contributed by atoms with Gasteiger partial charge in [-0.15, -0.1) is 0 Å². The number of alkyl carbamates (subject to hydrolysis) is 1. The van der Waals surface area contributed by atoms with Gasteiger partial charge in [0.15, 0.2) is 0 Å². The molecule has 2 amide bonds. The highest BCUT2D eigenvalue weighted by Crippen LogP contribution is 2.44. The Morgan fingerprint density at radius 1 is 1.09 bits per heavy atom. The van der Waals surface area contributed by atoms with E-state index in [2.05, 4.69) is 29.6 Å². The topological polar surface area (TPSA) is 105 Å². The molecule has 0 aromatic heterocycles. The number of benzene rings is 2. The molecule has 2 aromatic rings. The van der Waals surface area contributed by atoms with Gasteiger partial charge in [0.1, 0.15) is 19.3 Å². The van der Waals surface area contributed by atoms with Crippen LogP contribution in [0.25, 0.3) is 11.1 Å². The van der Waals surface area contributed by atoms with Crippen molar-refractivity contribution in [1.29, 1.82) is 0 Å². The quantitative estimate of drug-likeness (QED) is 0.588. The molecule has 0 radical (unpaired) electrons. The van der Waals surface area contributed by atoms with E-state index in [4.69, 9.17) is 14.6 Å². The molecule has 0 unspecified atom stereocenters. The van der Waals surface area contributed by atoms with Gasteiger partial charge in [-0.1, -0.05) is 55.5 Å². The minimum atomic E-state index is -1.06. The molecule has 8 nitrogen and oxygen atoms in total. The first kappa shape index (κ1) is 23.8. The van der Waals surface area contributed by atoms with Gasteiger partial charge in [-0.05, 0) is 35.1 Å². The molecule has 4 rings (SSSR count). The van der Waals surface area contributed by atoms with Gasteiger partial charge in [0.25, 0.3) is 5.91 Å². The number of carboxylic acids is 1. The second-order valence-corrected chi connectivity index (χ2v) is 8.70. The van der Waals surface area contributed by atoms with Gasteiger partial charge in [0.05, 0.1) is 0 Å². The van der Waals surface area contributed by atoms with Crippen molar-refractivity contribution < 1.29 is 29.0 Å². The zero-order valence-electron chi connectivity index (χ0n) is 19.2. The van der Waals surface area contributed by atoms with Gasteiger partial charge in [-0.25, -0.2) is 4.79 Å². The van der Waals surface area contributed by atoms with Gasteiger partial charge in [0.2, 0.25) is 0 Å². The molecule has 2 atom stereocenters. The molecule has 1 heterocycles. The number of carboxylic acid groups (broad SMARTS) is 1. The summed E-state index contributed by atoms with van der Waals surface area (Å²) in [6.07, 6.45) is -0.0580. The van der Waals surface area contributed by atoms with Crippen molar-refractivity contribution in [3.8, 4) is 11.1 Å². The highest BCUT2D eigenvalue weighted by molar-refractivity contribution is 5.85. The van der Waals surface area contributed by atoms with Gasteiger partial charge >= 0.3 is 12.1 Å². The number of rotatable bonds is 9. The summed E-state index contributed by atoms with van der Waals surface area (Å²) in [6.45, 7) is 2.69. The Morgan fingerprint density at radius 3 is 2.35 bits per heavy atom. The molecule has 8 heteroatoms. The zero-order chi connectivity index (χ0) is 24.1. The van der Waals surface area contributed by atoms with Crippen molar-refractivity contribution in [2.45, 2.75) is 31.8 Å². The summed E-state index contributed by atoms with van der Waals surface area (Å²) in [4.78, 5) is 37.8. The molecule has 1 fully saturated rings. The molecule has 1 aliphatic heterocycles. The summed E-state index contributed by atoms with van der Waals surface area (Å²) >= 11 is 0. The average molecular weight is 467 g/mol. The summed E-state index contributed by atoms with van der Waals surface area (Å²) in [6, 6.07) is 16.3. The molecule has 1 saturated heterocycles. The molecule has 0 bridgehead atoms. The fraction of sp³-hybridized carbons (Fsp3) is 0.423. The van der Waals surface area contributed by atoms with Crippen LogP contribution in [0.1, 0.15) is 36.8 Å². The maximum Gasteiger partial charge on any atom is 0.407 e. The molecule has 1 aliphatic carbocycles. The second-order valence-electron chi connectivity index (χ2n) is 8.70. The van der Waals surface area contributed by atoms with Crippen LogP contribution in [0.5, 0.6) is 0 Å². The number of hydrogen-bond acceptors (Lipinski definition) is 5. The van der Waals surface area contributed by atoms with Gasteiger partial charge in [0, 0.05) is 31.5 Å². The first-order valence-electron chi connectivity index (χ1n) is 11.7. The van der Waals surface area contributed by atoms with Crippen LogP contribution in [0.2, 0.25) is 0 Å². The van der Waals surface area contributed by atoms with Crippen LogP contribution in [0.4, 0.5) is 4.79 Å². The van der Waals surface area contributed by atoms with Crippen LogP contribution in [0, 0.1) is 5.92 Å². The molecule has 2 N–H and O–H groups in total. The lowest BCUT2D eigenvalue weighted by atomic mass is 9.98. The van der Waals surface area contributed by atoms with Crippen LogP contribution < -0.4 is 5.32 Å². The third-order valence-corrected chi connectivity index (χ3v) is 6.44. The Kier molecular flexibility index (Phi) is 7.47. The average Bonchev–Trinajstić information content (AvgIpc) is 3.43. The zero-order valence-corrected chi connectivity index (χ0v) is 19.2. The monoisotopic (exact) mass is 466 g/mol. The number of ether oxygens (including phenoxy) is 2. The minimum Gasteiger partial charge on any atom is -0.480 e. The third kappa shape index (κ3) is 5.07.